The molecule has 3 aromatic carbocycles. The van der Waals surface area contributed by atoms with E-state index in [9.17, 15) is 14.0 Å². The Morgan fingerprint density at radius 3 is 2.33 bits per heavy atom. The third kappa shape index (κ3) is 5.59. The van der Waals surface area contributed by atoms with Crippen LogP contribution >= 0.6 is 23.2 Å². The zero-order valence-electron chi connectivity index (χ0n) is 15.2. The number of benzene rings is 3. The van der Waals surface area contributed by atoms with Gasteiger partial charge in [-0.2, -0.15) is 0 Å². The fourth-order valence-electron chi connectivity index (χ4n) is 2.44. The van der Waals surface area contributed by atoms with E-state index in [-0.39, 0.29) is 22.0 Å². The molecule has 0 aliphatic rings. The van der Waals surface area contributed by atoms with E-state index in [4.69, 9.17) is 33.0 Å². The Kier molecular flexibility index (Phi) is 6.72. The van der Waals surface area contributed by atoms with Crippen molar-refractivity contribution >= 4 is 46.8 Å². The molecule has 0 fully saturated rings. The van der Waals surface area contributed by atoms with E-state index in [1.54, 1.807) is 24.3 Å². The summed E-state index contributed by atoms with van der Waals surface area (Å²) in [5.41, 5.74) is 1.18. The standard InChI is InChI=1S/C22H14Cl2FNO4/c23-17-8-4-14(11-18(17)24)22(29)26-15-5-9-20(19(25)12-15)30-16-6-1-13(2-7-16)3-10-21(27)28/h1-12H,(H,26,29)(H,27,28). The molecule has 0 saturated heterocycles. The van der Waals surface area contributed by atoms with Crippen LogP contribution in [0.2, 0.25) is 10.0 Å². The molecule has 3 aromatic rings. The van der Waals surface area contributed by atoms with Gasteiger partial charge in [-0.1, -0.05) is 35.3 Å². The Bertz CT molecular complexity index is 1130. The second kappa shape index (κ2) is 9.43. The van der Waals surface area contributed by atoms with E-state index in [1.807, 2.05) is 0 Å². The molecule has 152 valence electrons. The average molecular weight is 446 g/mol. The summed E-state index contributed by atoms with van der Waals surface area (Å²) >= 11 is 11.7. The van der Waals surface area contributed by atoms with Crippen molar-refractivity contribution in [3.63, 3.8) is 0 Å². The SMILES string of the molecule is O=C(O)C=Cc1ccc(Oc2ccc(NC(=O)c3ccc(Cl)c(Cl)c3)cc2F)cc1. The third-order valence-electron chi connectivity index (χ3n) is 3.90. The van der Waals surface area contributed by atoms with E-state index in [0.29, 0.717) is 16.3 Å². The highest BCUT2D eigenvalue weighted by Gasteiger charge is 2.11. The van der Waals surface area contributed by atoms with Gasteiger partial charge in [-0.3, -0.25) is 4.79 Å². The van der Waals surface area contributed by atoms with Gasteiger partial charge in [-0.25, -0.2) is 9.18 Å². The molecule has 0 atom stereocenters. The molecule has 0 aliphatic heterocycles. The number of carbonyl (C=O) groups excluding carboxylic acids is 1. The first-order valence-electron chi connectivity index (χ1n) is 8.57. The summed E-state index contributed by atoms with van der Waals surface area (Å²) in [4.78, 5) is 22.8. The largest absolute Gasteiger partial charge is 0.478 e. The van der Waals surface area contributed by atoms with E-state index in [1.165, 1.54) is 36.4 Å². The first-order valence-corrected chi connectivity index (χ1v) is 9.32. The van der Waals surface area contributed by atoms with Gasteiger partial charge < -0.3 is 15.2 Å². The highest BCUT2D eigenvalue weighted by molar-refractivity contribution is 6.42. The van der Waals surface area contributed by atoms with Crippen molar-refractivity contribution in [3.8, 4) is 11.5 Å². The normalized spacial score (nSPS) is 10.8. The maximum atomic E-state index is 14.4. The number of rotatable bonds is 6. The lowest BCUT2D eigenvalue weighted by Crippen LogP contribution is -2.12. The molecular formula is C22H14Cl2FNO4. The number of nitrogens with one attached hydrogen (secondary N) is 1. The third-order valence-corrected chi connectivity index (χ3v) is 4.64. The van der Waals surface area contributed by atoms with Gasteiger partial charge in [0.25, 0.3) is 5.91 Å². The number of amides is 1. The minimum atomic E-state index is -1.05. The highest BCUT2D eigenvalue weighted by atomic mass is 35.5. The van der Waals surface area contributed by atoms with Crippen molar-refractivity contribution in [1.29, 1.82) is 0 Å². The Balaban J connectivity index is 1.68. The second-order valence-electron chi connectivity index (χ2n) is 6.07. The van der Waals surface area contributed by atoms with Crippen molar-refractivity contribution in [2.75, 3.05) is 5.32 Å². The molecule has 0 aliphatic carbocycles. The average Bonchev–Trinajstić information content (AvgIpc) is 2.71. The number of anilines is 1. The Hall–Kier alpha value is -3.35. The van der Waals surface area contributed by atoms with Crippen LogP contribution in [-0.4, -0.2) is 17.0 Å². The predicted octanol–water partition coefficient (Wildman–Crippen LogP) is 6.27. The number of carboxylic acid groups (broad SMARTS) is 1. The molecule has 0 bridgehead atoms. The Morgan fingerprint density at radius 1 is 0.967 bits per heavy atom. The van der Waals surface area contributed by atoms with Crippen molar-refractivity contribution in [1.82, 2.24) is 0 Å². The molecule has 0 spiro atoms. The van der Waals surface area contributed by atoms with E-state index < -0.39 is 17.7 Å². The van der Waals surface area contributed by atoms with E-state index in [0.717, 1.165) is 12.1 Å². The minimum Gasteiger partial charge on any atom is -0.478 e. The second-order valence-corrected chi connectivity index (χ2v) is 6.89. The van der Waals surface area contributed by atoms with E-state index in [2.05, 4.69) is 5.32 Å². The molecule has 2 N–H and O–H groups in total. The van der Waals surface area contributed by atoms with Gasteiger partial charge in [0, 0.05) is 23.4 Å². The molecule has 1 amide bonds. The van der Waals surface area contributed by atoms with Crippen LogP contribution in [0, 0.1) is 5.82 Å². The summed E-state index contributed by atoms with van der Waals surface area (Å²) in [5, 5.41) is 11.8. The van der Waals surface area contributed by atoms with Crippen LogP contribution in [0.4, 0.5) is 10.1 Å². The zero-order chi connectivity index (χ0) is 21.7. The fourth-order valence-corrected chi connectivity index (χ4v) is 2.74. The van der Waals surface area contributed by atoms with Gasteiger partial charge in [-0.05, 0) is 54.1 Å². The molecule has 0 unspecified atom stereocenters. The monoisotopic (exact) mass is 445 g/mol. The van der Waals surface area contributed by atoms with Gasteiger partial charge in [-0.15, -0.1) is 0 Å². The molecular weight excluding hydrogens is 432 g/mol. The number of aliphatic carboxylic acids is 1. The minimum absolute atomic E-state index is 0.0311. The molecule has 0 saturated carbocycles. The fraction of sp³-hybridized carbons (Fsp3) is 0. The lowest BCUT2D eigenvalue weighted by Gasteiger charge is -2.10. The first kappa shape index (κ1) is 21.4. The number of carboxylic acids is 1. The van der Waals surface area contributed by atoms with E-state index >= 15 is 0 Å². The summed E-state index contributed by atoms with van der Waals surface area (Å²) in [7, 11) is 0. The van der Waals surface area contributed by atoms with Crippen LogP contribution in [0.15, 0.2) is 66.7 Å². The van der Waals surface area contributed by atoms with Gasteiger partial charge >= 0.3 is 5.97 Å². The zero-order valence-corrected chi connectivity index (χ0v) is 16.7. The van der Waals surface area contributed by atoms with Crippen LogP contribution in [0.5, 0.6) is 11.5 Å². The molecule has 0 radical (unpaired) electrons. The lowest BCUT2D eigenvalue weighted by molar-refractivity contribution is -0.131. The molecule has 0 aromatic heterocycles. The summed E-state index contributed by atoms with van der Waals surface area (Å²) in [5.74, 6) is -1.85. The van der Waals surface area contributed by atoms with Gasteiger partial charge in [0.2, 0.25) is 0 Å². The van der Waals surface area contributed by atoms with Gasteiger partial charge in [0.15, 0.2) is 11.6 Å². The summed E-state index contributed by atoms with van der Waals surface area (Å²) < 4.78 is 19.9. The molecule has 0 heterocycles. The molecule has 3 rings (SSSR count). The van der Waals surface area contributed by atoms with Crippen LogP contribution in [0.25, 0.3) is 6.08 Å². The summed E-state index contributed by atoms with van der Waals surface area (Å²) in [6.45, 7) is 0. The topological polar surface area (TPSA) is 75.6 Å². The number of halogens is 3. The van der Waals surface area contributed by atoms with Crippen LogP contribution < -0.4 is 10.1 Å². The maximum Gasteiger partial charge on any atom is 0.328 e. The maximum absolute atomic E-state index is 14.4. The number of hydrogen-bond donors (Lipinski definition) is 2. The Morgan fingerprint density at radius 2 is 1.70 bits per heavy atom. The summed E-state index contributed by atoms with van der Waals surface area (Å²) in [6, 6.07) is 14.9. The van der Waals surface area contributed by atoms with Crippen LogP contribution in [0.1, 0.15) is 15.9 Å². The van der Waals surface area contributed by atoms with Crippen molar-refractivity contribution < 1.29 is 23.8 Å². The number of hydrogen-bond acceptors (Lipinski definition) is 3. The van der Waals surface area contributed by atoms with Gasteiger partial charge in [0.05, 0.1) is 10.0 Å². The lowest BCUT2D eigenvalue weighted by atomic mass is 10.2. The van der Waals surface area contributed by atoms with Crippen LogP contribution in [0.3, 0.4) is 0 Å². The highest BCUT2D eigenvalue weighted by Crippen LogP contribution is 2.28. The number of ether oxygens (including phenoxy) is 1. The van der Waals surface area contributed by atoms with Crippen molar-refractivity contribution in [2.24, 2.45) is 0 Å². The quantitative estimate of drug-likeness (QED) is 0.438. The first-order chi connectivity index (χ1) is 14.3. The van der Waals surface area contributed by atoms with Gasteiger partial charge in [0.1, 0.15) is 5.75 Å². The van der Waals surface area contributed by atoms with Crippen molar-refractivity contribution in [3.05, 3.63) is 93.7 Å². The van der Waals surface area contributed by atoms with Crippen LogP contribution in [-0.2, 0) is 4.79 Å². The van der Waals surface area contributed by atoms with Crippen molar-refractivity contribution in [2.45, 2.75) is 0 Å². The Labute approximate surface area is 181 Å². The predicted molar refractivity (Wildman–Crippen MR) is 114 cm³/mol. The number of carbonyl (C=O) groups is 2. The smallest absolute Gasteiger partial charge is 0.328 e. The molecule has 30 heavy (non-hydrogen) atoms. The molecule has 5 nitrogen and oxygen atoms in total. The molecule has 8 heteroatoms. The summed E-state index contributed by atoms with van der Waals surface area (Å²) in [6.07, 6.45) is 2.44.